The molecule has 0 aliphatic carbocycles. The van der Waals surface area contributed by atoms with Crippen LogP contribution in [0.2, 0.25) is 0 Å². The molecule has 7 heteroatoms. The number of halogens is 1. The lowest BCUT2D eigenvalue weighted by Crippen LogP contribution is -2.62. The van der Waals surface area contributed by atoms with Crippen molar-refractivity contribution >= 4 is 12.4 Å². The summed E-state index contributed by atoms with van der Waals surface area (Å²) in [6.07, 6.45) is 10.3. The number of carbonyl (C=O) groups is 2. The fourth-order valence-electron chi connectivity index (χ4n) is 5.43. The molecule has 4 rings (SSSR count). The number of likely N-dealkylation sites (tertiary alicyclic amines) is 1. The normalized spacial score (nSPS) is 29.3. The minimum atomic E-state index is -0.441. The SMILES string of the molecule is CCC[C@H]1CCC[C@H]2[C@@H]3C[C@@H](CN(C(=O)c4cncc(F)c4)C3)CN12.O=CO. The van der Waals surface area contributed by atoms with Gasteiger partial charge in [-0.2, -0.15) is 0 Å². The van der Waals surface area contributed by atoms with Gasteiger partial charge in [0, 0.05) is 37.9 Å². The molecule has 0 spiro atoms. The van der Waals surface area contributed by atoms with E-state index >= 15 is 0 Å². The summed E-state index contributed by atoms with van der Waals surface area (Å²) in [7, 11) is 0. The maximum absolute atomic E-state index is 13.4. The van der Waals surface area contributed by atoms with E-state index in [9.17, 15) is 9.18 Å². The maximum Gasteiger partial charge on any atom is 0.290 e. The van der Waals surface area contributed by atoms with Gasteiger partial charge in [0.05, 0.1) is 11.8 Å². The van der Waals surface area contributed by atoms with Crippen molar-refractivity contribution in [3.8, 4) is 0 Å². The molecule has 3 aliphatic rings. The maximum atomic E-state index is 13.4. The third-order valence-corrected chi connectivity index (χ3v) is 6.38. The van der Waals surface area contributed by atoms with E-state index in [4.69, 9.17) is 9.90 Å². The molecule has 1 aromatic heterocycles. The van der Waals surface area contributed by atoms with Gasteiger partial charge in [0.25, 0.3) is 12.4 Å². The molecule has 28 heavy (non-hydrogen) atoms. The van der Waals surface area contributed by atoms with Crippen molar-refractivity contribution in [3.63, 3.8) is 0 Å². The van der Waals surface area contributed by atoms with Crippen molar-refractivity contribution in [3.05, 3.63) is 29.8 Å². The van der Waals surface area contributed by atoms with E-state index in [1.807, 2.05) is 4.90 Å². The van der Waals surface area contributed by atoms with Crippen molar-refractivity contribution in [1.29, 1.82) is 0 Å². The average molecular weight is 391 g/mol. The van der Waals surface area contributed by atoms with Crippen LogP contribution in [-0.4, -0.2) is 64.0 Å². The molecule has 0 saturated carbocycles. The van der Waals surface area contributed by atoms with Crippen LogP contribution in [0.25, 0.3) is 0 Å². The van der Waals surface area contributed by atoms with Crippen molar-refractivity contribution in [2.24, 2.45) is 11.8 Å². The van der Waals surface area contributed by atoms with Crippen LogP contribution in [0.15, 0.2) is 18.5 Å². The van der Waals surface area contributed by atoms with Gasteiger partial charge < -0.3 is 10.0 Å². The number of fused-ring (bicyclic) bond motifs is 4. The molecule has 4 heterocycles. The number of rotatable bonds is 3. The number of piperidine rings is 3. The molecule has 0 radical (unpaired) electrons. The average Bonchev–Trinajstić information content (AvgIpc) is 2.69. The second-order valence-corrected chi connectivity index (χ2v) is 8.21. The molecule has 1 N–H and O–H groups in total. The zero-order valence-corrected chi connectivity index (χ0v) is 16.5. The van der Waals surface area contributed by atoms with E-state index in [1.165, 1.54) is 50.8 Å². The van der Waals surface area contributed by atoms with Crippen LogP contribution in [-0.2, 0) is 4.79 Å². The molecule has 1 amide bonds. The lowest BCUT2D eigenvalue weighted by atomic mass is 9.74. The van der Waals surface area contributed by atoms with Gasteiger partial charge in [0.2, 0.25) is 0 Å². The third kappa shape index (κ3) is 4.51. The topological polar surface area (TPSA) is 73.7 Å². The van der Waals surface area contributed by atoms with E-state index < -0.39 is 5.82 Å². The summed E-state index contributed by atoms with van der Waals surface area (Å²) in [5, 5.41) is 6.89. The Hall–Kier alpha value is -2.02. The molecule has 154 valence electrons. The number of carboxylic acid groups (broad SMARTS) is 1. The molecule has 3 saturated heterocycles. The van der Waals surface area contributed by atoms with E-state index in [1.54, 1.807) is 0 Å². The molecule has 1 aromatic rings. The van der Waals surface area contributed by atoms with Crippen molar-refractivity contribution in [1.82, 2.24) is 14.8 Å². The predicted molar refractivity (Wildman–Crippen MR) is 103 cm³/mol. The fraction of sp³-hybridized carbons (Fsp3) is 0.667. The minimum absolute atomic E-state index is 0.0592. The van der Waals surface area contributed by atoms with Crippen LogP contribution in [0.3, 0.4) is 0 Å². The van der Waals surface area contributed by atoms with E-state index in [0.717, 1.165) is 31.9 Å². The van der Waals surface area contributed by atoms with Crippen molar-refractivity contribution in [2.75, 3.05) is 19.6 Å². The van der Waals surface area contributed by atoms with Crippen molar-refractivity contribution in [2.45, 2.75) is 57.5 Å². The monoisotopic (exact) mass is 391 g/mol. The Morgan fingerprint density at radius 2 is 2.11 bits per heavy atom. The quantitative estimate of drug-likeness (QED) is 0.802. The Morgan fingerprint density at radius 3 is 2.82 bits per heavy atom. The summed E-state index contributed by atoms with van der Waals surface area (Å²) in [6, 6.07) is 2.68. The highest BCUT2D eigenvalue weighted by molar-refractivity contribution is 5.94. The van der Waals surface area contributed by atoms with Crippen LogP contribution >= 0.6 is 0 Å². The summed E-state index contributed by atoms with van der Waals surface area (Å²) >= 11 is 0. The molecule has 0 unspecified atom stereocenters. The van der Waals surface area contributed by atoms with Crippen LogP contribution < -0.4 is 0 Å². The predicted octanol–water partition coefficient (Wildman–Crippen LogP) is 3.04. The first kappa shape index (κ1) is 20.7. The highest BCUT2D eigenvalue weighted by Crippen LogP contribution is 2.40. The van der Waals surface area contributed by atoms with Crippen LogP contribution in [0.1, 0.15) is 55.8 Å². The molecule has 0 aromatic carbocycles. The van der Waals surface area contributed by atoms with Gasteiger partial charge in [-0.25, -0.2) is 4.39 Å². The standard InChI is InChI=1S/C20H28FN3O.CH2O2/c1-2-4-18-5-3-6-19-16-7-14(12-24(18)19)11-23(13-16)20(25)15-8-17(21)10-22-9-15;2-1-3/h8-10,14,16,18-19H,2-7,11-13H2,1H3;1H,(H,2,3)/t14-,16+,18-,19-;/m0./s1. The van der Waals surface area contributed by atoms with Gasteiger partial charge in [-0.3, -0.25) is 19.5 Å². The number of carbonyl (C=O) groups excluding carboxylic acids is 1. The third-order valence-electron chi connectivity index (χ3n) is 6.38. The number of hydrogen-bond donors (Lipinski definition) is 1. The fourth-order valence-corrected chi connectivity index (χ4v) is 5.43. The summed E-state index contributed by atoms with van der Waals surface area (Å²) in [6.45, 7) is 4.76. The highest BCUT2D eigenvalue weighted by atomic mass is 19.1. The molecule has 2 bridgehead atoms. The molecule has 3 aliphatic heterocycles. The lowest BCUT2D eigenvalue weighted by Gasteiger charge is -2.55. The number of amides is 1. The van der Waals surface area contributed by atoms with Gasteiger partial charge in [0.1, 0.15) is 5.82 Å². The van der Waals surface area contributed by atoms with Gasteiger partial charge in [-0.1, -0.05) is 19.8 Å². The first-order valence-corrected chi connectivity index (χ1v) is 10.3. The second-order valence-electron chi connectivity index (χ2n) is 8.21. The molecular weight excluding hydrogens is 361 g/mol. The summed E-state index contributed by atoms with van der Waals surface area (Å²) in [5.74, 6) is 0.621. The summed E-state index contributed by atoms with van der Waals surface area (Å²) in [5.41, 5.74) is 0.379. The largest absolute Gasteiger partial charge is 0.483 e. The molecule has 6 nitrogen and oxygen atoms in total. The van der Waals surface area contributed by atoms with E-state index in [2.05, 4.69) is 16.8 Å². The highest BCUT2D eigenvalue weighted by Gasteiger charge is 2.45. The van der Waals surface area contributed by atoms with Crippen LogP contribution in [0, 0.1) is 17.7 Å². The number of nitrogens with zero attached hydrogens (tertiary/aromatic N) is 3. The first-order valence-electron chi connectivity index (χ1n) is 10.3. The Morgan fingerprint density at radius 1 is 1.32 bits per heavy atom. The molecule has 3 fully saturated rings. The van der Waals surface area contributed by atoms with E-state index in [0.29, 0.717) is 23.4 Å². The first-order chi connectivity index (χ1) is 13.6. The second kappa shape index (κ2) is 9.45. The summed E-state index contributed by atoms with van der Waals surface area (Å²) < 4.78 is 13.4. The Labute approximate surface area is 165 Å². The van der Waals surface area contributed by atoms with Gasteiger partial charge in [-0.05, 0) is 43.6 Å². The molecular formula is C21H30FN3O3. The lowest BCUT2D eigenvalue weighted by molar-refractivity contribution is -0.122. The van der Waals surface area contributed by atoms with Crippen molar-refractivity contribution < 1.29 is 19.1 Å². The number of aromatic nitrogens is 1. The number of pyridine rings is 1. The minimum Gasteiger partial charge on any atom is -0.483 e. The van der Waals surface area contributed by atoms with Crippen LogP contribution in [0.5, 0.6) is 0 Å². The Bertz CT molecular complexity index is 685. The Balaban J connectivity index is 0.000000706. The Kier molecular flexibility index (Phi) is 6.99. The zero-order chi connectivity index (χ0) is 20.1. The molecule has 4 atom stereocenters. The summed E-state index contributed by atoms with van der Waals surface area (Å²) in [4.78, 5) is 29.7. The smallest absolute Gasteiger partial charge is 0.290 e. The number of hydrogen-bond acceptors (Lipinski definition) is 4. The van der Waals surface area contributed by atoms with Gasteiger partial charge >= 0.3 is 0 Å². The zero-order valence-electron chi connectivity index (χ0n) is 16.5. The van der Waals surface area contributed by atoms with Crippen LogP contribution in [0.4, 0.5) is 4.39 Å². The van der Waals surface area contributed by atoms with Gasteiger partial charge in [0.15, 0.2) is 0 Å². The van der Waals surface area contributed by atoms with E-state index in [-0.39, 0.29) is 12.4 Å². The van der Waals surface area contributed by atoms with Gasteiger partial charge in [-0.15, -0.1) is 0 Å².